The number of benzene rings is 1. The van der Waals surface area contributed by atoms with Crippen molar-refractivity contribution in [2.75, 3.05) is 26.4 Å². The molecule has 0 spiro atoms. The summed E-state index contributed by atoms with van der Waals surface area (Å²) in [6.07, 6.45) is -9.56. The number of aromatic nitrogens is 2. The lowest BCUT2D eigenvalue weighted by atomic mass is 10.0. The molecule has 1 aliphatic rings. The first kappa shape index (κ1) is 28.9. The molecular weight excluding hydrogens is 508 g/mol. The van der Waals surface area contributed by atoms with Crippen molar-refractivity contribution < 1.29 is 45.7 Å². The van der Waals surface area contributed by atoms with E-state index in [1.165, 1.54) is 0 Å². The topological polar surface area (TPSA) is 85.6 Å². The molecule has 7 nitrogen and oxygen atoms in total. The second-order valence-electron chi connectivity index (χ2n) is 8.54. The number of carbonyl (C=O) groups is 1. The van der Waals surface area contributed by atoms with E-state index in [2.05, 4.69) is 10.4 Å². The molecule has 1 aromatic heterocycles. The predicted molar refractivity (Wildman–Crippen MR) is 120 cm³/mol. The largest absolute Gasteiger partial charge is 0.416 e. The molecular formula is C24H29F6N3O4. The van der Waals surface area contributed by atoms with Crippen molar-refractivity contribution in [1.29, 1.82) is 0 Å². The molecule has 0 radical (unpaired) electrons. The standard InChI is InChI=1S/C24H29F6N3O4/c1-2-18-20-19(6-3-11-36-12-4-9-31-21(20)34)33(32-18)10-5-13-37-22(35)16-8-7-15(23(25,26)27)14-17(16)24(28,29)30/h7-8,14,22,35H,2-6,9-13H2,1H3,(H,31,34). The van der Waals surface area contributed by atoms with Gasteiger partial charge in [-0.1, -0.05) is 13.0 Å². The van der Waals surface area contributed by atoms with Crippen LogP contribution < -0.4 is 5.32 Å². The molecule has 13 heteroatoms. The van der Waals surface area contributed by atoms with Crippen LogP contribution in [0, 0.1) is 0 Å². The number of amides is 1. The van der Waals surface area contributed by atoms with Gasteiger partial charge in [-0.2, -0.15) is 31.4 Å². The first-order valence-corrected chi connectivity index (χ1v) is 12.0. The minimum atomic E-state index is -5.12. The number of nitrogens with one attached hydrogen (secondary N) is 1. The number of fused-ring (bicyclic) bond motifs is 1. The zero-order chi connectivity index (χ0) is 27.2. The number of aliphatic hydroxyl groups is 1. The van der Waals surface area contributed by atoms with Gasteiger partial charge in [0, 0.05) is 31.9 Å². The maximum atomic E-state index is 13.4. The number of carbonyl (C=O) groups excluding carboxylic acids is 1. The molecule has 0 bridgehead atoms. The van der Waals surface area contributed by atoms with Crippen molar-refractivity contribution in [3.05, 3.63) is 51.8 Å². The van der Waals surface area contributed by atoms with E-state index in [0.29, 0.717) is 74.5 Å². The van der Waals surface area contributed by atoms with Crippen LogP contribution in [0.25, 0.3) is 0 Å². The number of hydrogen-bond donors (Lipinski definition) is 2. The van der Waals surface area contributed by atoms with Crippen LogP contribution in [-0.4, -0.2) is 47.2 Å². The smallest absolute Gasteiger partial charge is 0.381 e. The van der Waals surface area contributed by atoms with Gasteiger partial charge in [-0.25, -0.2) is 0 Å². The van der Waals surface area contributed by atoms with E-state index in [1.807, 2.05) is 6.92 Å². The summed E-state index contributed by atoms with van der Waals surface area (Å²) in [5, 5.41) is 17.6. The molecule has 206 valence electrons. The number of aryl methyl sites for hydroxylation is 2. The Bertz CT molecular complexity index is 1070. The molecule has 2 aromatic rings. The van der Waals surface area contributed by atoms with E-state index in [-0.39, 0.29) is 31.5 Å². The average molecular weight is 538 g/mol. The molecule has 0 saturated heterocycles. The van der Waals surface area contributed by atoms with Gasteiger partial charge in [0.05, 0.1) is 34.7 Å². The Morgan fingerprint density at radius 3 is 2.57 bits per heavy atom. The van der Waals surface area contributed by atoms with Crippen LogP contribution in [-0.2, 0) is 41.2 Å². The summed E-state index contributed by atoms with van der Waals surface area (Å²) in [7, 11) is 0. The van der Waals surface area contributed by atoms with Crippen LogP contribution in [0.2, 0.25) is 0 Å². The highest BCUT2D eigenvalue weighted by Crippen LogP contribution is 2.39. The third-order valence-electron chi connectivity index (χ3n) is 5.89. The Morgan fingerprint density at radius 2 is 1.89 bits per heavy atom. The van der Waals surface area contributed by atoms with Crippen molar-refractivity contribution in [2.45, 2.75) is 64.2 Å². The monoisotopic (exact) mass is 537 g/mol. The minimum Gasteiger partial charge on any atom is -0.381 e. The Morgan fingerprint density at radius 1 is 1.16 bits per heavy atom. The molecule has 2 N–H and O–H groups in total. The first-order chi connectivity index (χ1) is 17.4. The van der Waals surface area contributed by atoms with Crippen LogP contribution in [0.3, 0.4) is 0 Å². The Labute approximate surface area is 209 Å². The summed E-state index contributed by atoms with van der Waals surface area (Å²) in [4.78, 5) is 12.8. The fourth-order valence-corrected chi connectivity index (χ4v) is 4.10. The Balaban J connectivity index is 1.71. The number of ether oxygens (including phenoxy) is 2. The summed E-state index contributed by atoms with van der Waals surface area (Å²) < 4.78 is 91.1. The lowest BCUT2D eigenvalue weighted by molar-refractivity contribution is -0.150. The van der Waals surface area contributed by atoms with Crippen LogP contribution in [0.4, 0.5) is 26.3 Å². The van der Waals surface area contributed by atoms with Crippen LogP contribution >= 0.6 is 0 Å². The van der Waals surface area contributed by atoms with Gasteiger partial charge in [0.25, 0.3) is 5.91 Å². The number of alkyl halides is 6. The van der Waals surface area contributed by atoms with Gasteiger partial charge in [-0.05, 0) is 44.2 Å². The van der Waals surface area contributed by atoms with E-state index >= 15 is 0 Å². The van der Waals surface area contributed by atoms with Crippen LogP contribution in [0.15, 0.2) is 18.2 Å². The summed E-state index contributed by atoms with van der Waals surface area (Å²) in [6.45, 7) is 3.44. The fraction of sp³-hybridized carbons (Fsp3) is 0.583. The molecule has 37 heavy (non-hydrogen) atoms. The van der Waals surface area contributed by atoms with Gasteiger partial charge in [-0.3, -0.25) is 9.48 Å². The van der Waals surface area contributed by atoms with Gasteiger partial charge in [0.15, 0.2) is 6.29 Å². The summed E-state index contributed by atoms with van der Waals surface area (Å²) >= 11 is 0. The predicted octanol–water partition coefficient (Wildman–Crippen LogP) is 4.66. The average Bonchev–Trinajstić information content (AvgIpc) is 3.17. The quantitative estimate of drug-likeness (QED) is 0.305. The second-order valence-corrected chi connectivity index (χ2v) is 8.54. The van der Waals surface area contributed by atoms with Gasteiger partial charge in [0.2, 0.25) is 0 Å². The summed E-state index contributed by atoms with van der Waals surface area (Å²) in [6, 6.07) is 0.986. The molecule has 0 saturated carbocycles. The van der Waals surface area contributed by atoms with E-state index < -0.39 is 35.3 Å². The summed E-state index contributed by atoms with van der Waals surface area (Å²) in [5.74, 6) is -0.228. The van der Waals surface area contributed by atoms with Crippen LogP contribution in [0.5, 0.6) is 0 Å². The number of aliphatic hydroxyl groups excluding tert-OH is 1. The molecule has 0 aliphatic carbocycles. The Hall–Kier alpha value is -2.64. The summed E-state index contributed by atoms with van der Waals surface area (Å²) in [5.41, 5.74) is -2.07. The Kier molecular flexibility index (Phi) is 9.59. The highest BCUT2D eigenvalue weighted by Gasteiger charge is 2.39. The van der Waals surface area contributed by atoms with Crippen LogP contribution in [0.1, 0.15) is 70.9 Å². The van der Waals surface area contributed by atoms with Gasteiger partial charge < -0.3 is 19.9 Å². The zero-order valence-corrected chi connectivity index (χ0v) is 20.2. The van der Waals surface area contributed by atoms with E-state index in [1.54, 1.807) is 4.68 Å². The molecule has 1 aromatic carbocycles. The van der Waals surface area contributed by atoms with E-state index in [4.69, 9.17) is 9.47 Å². The molecule has 3 rings (SSSR count). The number of halogens is 6. The normalized spacial score (nSPS) is 16.6. The SMILES string of the molecule is CCc1nn(CCCOC(O)c2ccc(C(F)(F)F)cc2C(F)(F)F)c2c1C(=O)NCCCOCCC2. The molecule has 1 atom stereocenters. The third-order valence-corrected chi connectivity index (χ3v) is 5.89. The highest BCUT2D eigenvalue weighted by atomic mass is 19.4. The highest BCUT2D eigenvalue weighted by molar-refractivity contribution is 5.96. The number of hydrogen-bond acceptors (Lipinski definition) is 5. The van der Waals surface area contributed by atoms with Crippen molar-refractivity contribution in [3.63, 3.8) is 0 Å². The molecule has 2 heterocycles. The molecule has 1 amide bonds. The van der Waals surface area contributed by atoms with E-state index in [0.717, 1.165) is 0 Å². The van der Waals surface area contributed by atoms with Crippen molar-refractivity contribution in [1.82, 2.24) is 15.1 Å². The first-order valence-electron chi connectivity index (χ1n) is 12.0. The zero-order valence-electron chi connectivity index (χ0n) is 20.2. The van der Waals surface area contributed by atoms with Crippen molar-refractivity contribution in [3.8, 4) is 0 Å². The number of rotatable bonds is 7. The lowest BCUT2D eigenvalue weighted by Crippen LogP contribution is -2.26. The minimum absolute atomic E-state index is 0.0441. The van der Waals surface area contributed by atoms with Crippen molar-refractivity contribution >= 4 is 5.91 Å². The van der Waals surface area contributed by atoms with Gasteiger partial charge in [-0.15, -0.1) is 0 Å². The molecule has 1 unspecified atom stereocenters. The second kappa shape index (κ2) is 12.3. The fourth-order valence-electron chi connectivity index (χ4n) is 4.10. The van der Waals surface area contributed by atoms with Gasteiger partial charge in [0.1, 0.15) is 0 Å². The third kappa shape index (κ3) is 7.45. The maximum absolute atomic E-state index is 13.4. The van der Waals surface area contributed by atoms with Crippen molar-refractivity contribution in [2.24, 2.45) is 0 Å². The number of nitrogens with zero attached hydrogens (tertiary/aromatic N) is 2. The van der Waals surface area contributed by atoms with Gasteiger partial charge >= 0.3 is 12.4 Å². The maximum Gasteiger partial charge on any atom is 0.416 e. The molecule has 0 fully saturated rings. The molecule has 1 aliphatic heterocycles. The lowest BCUT2D eigenvalue weighted by Gasteiger charge is -2.20. The van der Waals surface area contributed by atoms with E-state index in [9.17, 15) is 36.2 Å².